The Hall–Kier alpha value is -0.850. The molecule has 0 saturated heterocycles. The molecular formula is C13H18BrClN4O. The SMILES string of the molecule is CCn1nc(C)c(Br)c1CC(O)c1c(C)nn(C)c1Cl. The summed E-state index contributed by atoms with van der Waals surface area (Å²) in [5, 5.41) is 19.6. The van der Waals surface area contributed by atoms with Crippen LogP contribution < -0.4 is 0 Å². The second kappa shape index (κ2) is 5.87. The van der Waals surface area contributed by atoms with Gasteiger partial charge in [-0.3, -0.25) is 9.36 Å². The zero-order chi connectivity index (χ0) is 15.0. The highest BCUT2D eigenvalue weighted by molar-refractivity contribution is 9.10. The van der Waals surface area contributed by atoms with E-state index >= 15 is 0 Å². The molecule has 2 heterocycles. The van der Waals surface area contributed by atoms with Gasteiger partial charge in [0.2, 0.25) is 0 Å². The van der Waals surface area contributed by atoms with Crippen molar-refractivity contribution in [2.24, 2.45) is 7.05 Å². The molecule has 1 atom stereocenters. The van der Waals surface area contributed by atoms with E-state index in [4.69, 9.17) is 11.6 Å². The number of aliphatic hydroxyl groups is 1. The van der Waals surface area contributed by atoms with Crippen LogP contribution in [0.5, 0.6) is 0 Å². The zero-order valence-electron chi connectivity index (χ0n) is 12.0. The van der Waals surface area contributed by atoms with Crippen LogP contribution in [-0.4, -0.2) is 24.7 Å². The van der Waals surface area contributed by atoms with E-state index in [1.165, 1.54) is 0 Å². The number of aryl methyl sites for hydroxylation is 4. The average Bonchev–Trinajstić information content (AvgIpc) is 2.80. The normalized spacial score (nSPS) is 12.9. The van der Waals surface area contributed by atoms with Crippen molar-refractivity contribution in [1.82, 2.24) is 19.6 Å². The molecule has 0 amide bonds. The highest BCUT2D eigenvalue weighted by Gasteiger charge is 2.23. The summed E-state index contributed by atoms with van der Waals surface area (Å²) < 4.78 is 4.41. The molecule has 5 nitrogen and oxygen atoms in total. The number of aromatic nitrogens is 4. The molecule has 2 rings (SSSR count). The van der Waals surface area contributed by atoms with Crippen LogP contribution >= 0.6 is 27.5 Å². The minimum absolute atomic E-state index is 0.446. The van der Waals surface area contributed by atoms with E-state index in [0.29, 0.717) is 17.1 Å². The van der Waals surface area contributed by atoms with Crippen molar-refractivity contribution >= 4 is 27.5 Å². The maximum atomic E-state index is 10.5. The molecule has 1 N–H and O–H groups in total. The molecule has 110 valence electrons. The van der Waals surface area contributed by atoms with E-state index in [-0.39, 0.29) is 0 Å². The van der Waals surface area contributed by atoms with Crippen LogP contribution in [0.2, 0.25) is 5.15 Å². The summed E-state index contributed by atoms with van der Waals surface area (Å²) in [6.45, 7) is 6.57. The summed E-state index contributed by atoms with van der Waals surface area (Å²) in [6, 6.07) is 0. The topological polar surface area (TPSA) is 55.9 Å². The van der Waals surface area contributed by atoms with Gasteiger partial charge in [-0.05, 0) is 36.7 Å². The number of aliphatic hydroxyl groups excluding tert-OH is 1. The predicted molar refractivity (Wildman–Crippen MR) is 82.0 cm³/mol. The van der Waals surface area contributed by atoms with Crippen molar-refractivity contribution in [1.29, 1.82) is 0 Å². The fourth-order valence-corrected chi connectivity index (χ4v) is 3.12. The van der Waals surface area contributed by atoms with Gasteiger partial charge in [0.15, 0.2) is 0 Å². The van der Waals surface area contributed by atoms with Gasteiger partial charge in [0.25, 0.3) is 0 Å². The van der Waals surface area contributed by atoms with Crippen LogP contribution in [0, 0.1) is 13.8 Å². The van der Waals surface area contributed by atoms with Gasteiger partial charge < -0.3 is 5.11 Å². The standard InChI is InChI=1S/C13H18BrClN4O/c1-5-19-9(12(14)8(3)17-19)6-10(20)11-7(2)16-18(4)13(11)15/h10,20H,5-6H2,1-4H3. The Morgan fingerprint density at radius 1 is 1.30 bits per heavy atom. The third kappa shape index (κ3) is 2.64. The van der Waals surface area contributed by atoms with Gasteiger partial charge in [0.05, 0.1) is 27.7 Å². The molecule has 0 aliphatic heterocycles. The number of hydrogen-bond acceptors (Lipinski definition) is 3. The summed E-state index contributed by atoms with van der Waals surface area (Å²) in [5.41, 5.74) is 3.32. The molecule has 0 aliphatic carbocycles. The Labute approximate surface area is 131 Å². The maximum Gasteiger partial charge on any atom is 0.132 e. The van der Waals surface area contributed by atoms with Crippen molar-refractivity contribution in [3.05, 3.63) is 32.3 Å². The molecule has 0 aromatic carbocycles. The second-order valence-corrected chi connectivity index (χ2v) is 5.95. The van der Waals surface area contributed by atoms with Crippen molar-refractivity contribution in [3.63, 3.8) is 0 Å². The first-order valence-corrected chi connectivity index (χ1v) is 7.62. The van der Waals surface area contributed by atoms with Gasteiger partial charge in [-0.25, -0.2) is 0 Å². The molecule has 0 fully saturated rings. The van der Waals surface area contributed by atoms with Crippen LogP contribution in [0.3, 0.4) is 0 Å². The van der Waals surface area contributed by atoms with E-state index in [9.17, 15) is 5.11 Å². The van der Waals surface area contributed by atoms with Crippen LogP contribution in [0.15, 0.2) is 4.47 Å². The van der Waals surface area contributed by atoms with Crippen molar-refractivity contribution in [2.75, 3.05) is 0 Å². The van der Waals surface area contributed by atoms with Crippen molar-refractivity contribution in [3.8, 4) is 0 Å². The lowest BCUT2D eigenvalue weighted by atomic mass is 10.1. The highest BCUT2D eigenvalue weighted by atomic mass is 79.9. The molecule has 2 aromatic rings. The lowest BCUT2D eigenvalue weighted by Gasteiger charge is -2.12. The molecule has 2 aromatic heterocycles. The van der Waals surface area contributed by atoms with Crippen molar-refractivity contribution in [2.45, 2.75) is 39.8 Å². The molecule has 0 radical (unpaired) electrons. The Balaban J connectivity index is 2.35. The molecule has 0 aliphatic rings. The molecule has 1 unspecified atom stereocenters. The van der Waals surface area contributed by atoms with Gasteiger partial charge in [-0.15, -0.1) is 0 Å². The molecule has 0 saturated carbocycles. The Morgan fingerprint density at radius 3 is 2.45 bits per heavy atom. The Kier molecular flexibility index (Phi) is 4.56. The number of rotatable bonds is 4. The number of halogens is 2. The lowest BCUT2D eigenvalue weighted by Crippen LogP contribution is -2.09. The monoisotopic (exact) mass is 360 g/mol. The Bertz CT molecular complexity index is 635. The van der Waals surface area contributed by atoms with Gasteiger partial charge in [0, 0.05) is 25.6 Å². The lowest BCUT2D eigenvalue weighted by molar-refractivity contribution is 0.174. The summed E-state index contributed by atoms with van der Waals surface area (Å²) in [6.07, 6.45) is -0.254. The highest BCUT2D eigenvalue weighted by Crippen LogP contribution is 2.31. The first-order chi connectivity index (χ1) is 9.36. The third-order valence-corrected chi connectivity index (χ3v) is 4.85. The van der Waals surface area contributed by atoms with E-state index in [0.717, 1.165) is 28.1 Å². The summed E-state index contributed by atoms with van der Waals surface area (Å²) >= 11 is 9.74. The second-order valence-electron chi connectivity index (χ2n) is 4.80. The summed E-state index contributed by atoms with van der Waals surface area (Å²) in [5.74, 6) is 0. The molecule has 20 heavy (non-hydrogen) atoms. The largest absolute Gasteiger partial charge is 0.388 e. The molecule has 7 heteroatoms. The Morgan fingerprint density at radius 2 is 1.95 bits per heavy atom. The van der Waals surface area contributed by atoms with E-state index in [1.54, 1.807) is 11.7 Å². The molecular weight excluding hydrogens is 344 g/mol. The van der Waals surface area contributed by atoms with Gasteiger partial charge in [0.1, 0.15) is 5.15 Å². The maximum absolute atomic E-state index is 10.5. The summed E-state index contributed by atoms with van der Waals surface area (Å²) in [4.78, 5) is 0. The molecule has 0 bridgehead atoms. The number of hydrogen-bond donors (Lipinski definition) is 1. The van der Waals surface area contributed by atoms with E-state index in [2.05, 4.69) is 26.1 Å². The smallest absolute Gasteiger partial charge is 0.132 e. The van der Waals surface area contributed by atoms with Crippen LogP contribution in [0.1, 0.15) is 35.7 Å². The minimum Gasteiger partial charge on any atom is -0.388 e. The van der Waals surface area contributed by atoms with E-state index in [1.807, 2.05) is 25.5 Å². The predicted octanol–water partition coefficient (Wildman–Crippen LogP) is 2.95. The van der Waals surface area contributed by atoms with Gasteiger partial charge in [-0.1, -0.05) is 11.6 Å². The van der Waals surface area contributed by atoms with E-state index < -0.39 is 6.10 Å². The first kappa shape index (κ1) is 15.5. The first-order valence-electron chi connectivity index (χ1n) is 6.45. The number of nitrogens with zero attached hydrogens (tertiary/aromatic N) is 4. The fourth-order valence-electron chi connectivity index (χ4n) is 2.37. The quantitative estimate of drug-likeness (QED) is 0.911. The molecule has 0 spiro atoms. The van der Waals surface area contributed by atoms with Crippen LogP contribution in [0.25, 0.3) is 0 Å². The zero-order valence-corrected chi connectivity index (χ0v) is 14.3. The third-order valence-electron chi connectivity index (χ3n) is 3.37. The van der Waals surface area contributed by atoms with Gasteiger partial charge >= 0.3 is 0 Å². The minimum atomic E-state index is -0.700. The van der Waals surface area contributed by atoms with Crippen molar-refractivity contribution < 1.29 is 5.11 Å². The van der Waals surface area contributed by atoms with Crippen LogP contribution in [-0.2, 0) is 20.0 Å². The fraction of sp³-hybridized carbons (Fsp3) is 0.538. The van der Waals surface area contributed by atoms with Gasteiger partial charge in [-0.2, -0.15) is 10.2 Å². The van der Waals surface area contributed by atoms with Crippen LogP contribution in [0.4, 0.5) is 0 Å². The average molecular weight is 362 g/mol. The summed E-state index contributed by atoms with van der Waals surface area (Å²) in [7, 11) is 1.77.